The second kappa shape index (κ2) is 8.24. The van der Waals surface area contributed by atoms with Gasteiger partial charge >= 0.3 is 0 Å². The van der Waals surface area contributed by atoms with E-state index in [-0.39, 0.29) is 24.4 Å². The average Bonchev–Trinajstić information content (AvgIpc) is 3.10. The Morgan fingerprint density at radius 3 is 3.04 bits per heavy atom. The topological polar surface area (TPSA) is 54.0 Å². The van der Waals surface area contributed by atoms with E-state index in [1.54, 1.807) is 11.3 Å². The van der Waals surface area contributed by atoms with E-state index in [4.69, 9.17) is 0 Å². The molecule has 1 unspecified atom stereocenters. The Labute approximate surface area is 154 Å². The van der Waals surface area contributed by atoms with Crippen LogP contribution in [0.1, 0.15) is 29.0 Å². The van der Waals surface area contributed by atoms with Crippen molar-refractivity contribution in [1.29, 1.82) is 0 Å². The van der Waals surface area contributed by atoms with Gasteiger partial charge in [0.1, 0.15) is 0 Å². The minimum Gasteiger partial charge on any atom is -0.306 e. The maximum absolute atomic E-state index is 12.1. The molecule has 4 nitrogen and oxygen atoms in total. The fourth-order valence-electron chi connectivity index (χ4n) is 2.58. The van der Waals surface area contributed by atoms with Crippen LogP contribution in [0.25, 0.3) is 0 Å². The number of hydrogen-bond donors (Lipinski definition) is 2. The summed E-state index contributed by atoms with van der Waals surface area (Å²) in [5.74, 6) is 0.0280. The monoisotopic (exact) mass is 415 g/mol. The Morgan fingerprint density at radius 2 is 2.35 bits per heavy atom. The molecule has 0 spiro atoms. The minimum atomic E-state index is -0.0715. The molecule has 0 radical (unpaired) electrons. The molecule has 1 saturated heterocycles. The lowest BCUT2D eigenvalue weighted by Gasteiger charge is -2.08. The summed E-state index contributed by atoms with van der Waals surface area (Å²) in [6.45, 7) is 2.91. The van der Waals surface area contributed by atoms with E-state index in [2.05, 4.69) is 43.7 Å². The van der Waals surface area contributed by atoms with Crippen LogP contribution in [0.15, 0.2) is 28.7 Å². The van der Waals surface area contributed by atoms with E-state index < -0.39 is 0 Å². The molecule has 3 rings (SSSR count). The molecule has 23 heavy (non-hydrogen) atoms. The van der Waals surface area contributed by atoms with Gasteiger partial charge in [0, 0.05) is 15.8 Å². The lowest BCUT2D eigenvalue weighted by molar-refractivity contribution is -0.117. The lowest BCUT2D eigenvalue weighted by atomic mass is 10.1. The molecule has 0 saturated carbocycles. The molecule has 1 aliphatic heterocycles. The number of thiazole rings is 1. The van der Waals surface area contributed by atoms with Crippen molar-refractivity contribution in [2.24, 2.45) is 0 Å². The zero-order valence-corrected chi connectivity index (χ0v) is 16.0. The van der Waals surface area contributed by atoms with Crippen molar-refractivity contribution >= 4 is 50.7 Å². The third kappa shape index (κ3) is 4.76. The maximum atomic E-state index is 12.1. The van der Waals surface area contributed by atoms with E-state index in [0.717, 1.165) is 36.0 Å². The molecule has 0 bridgehead atoms. The first-order chi connectivity index (χ1) is 10.6. The standard InChI is InChI=1S/C16H18BrN3OS.ClH/c1-10-14(9-11-4-2-5-12(17)8-11)22-16(19-10)20-15(21)13-6-3-7-18-13;/h2,4-5,8,13,18H,3,6-7,9H2,1H3,(H,19,20,21);1H. The van der Waals surface area contributed by atoms with Crippen LogP contribution in [-0.2, 0) is 11.2 Å². The van der Waals surface area contributed by atoms with Gasteiger partial charge < -0.3 is 10.6 Å². The van der Waals surface area contributed by atoms with E-state index in [0.29, 0.717) is 5.13 Å². The van der Waals surface area contributed by atoms with Crippen molar-refractivity contribution in [1.82, 2.24) is 10.3 Å². The van der Waals surface area contributed by atoms with Gasteiger partial charge in [0.15, 0.2) is 5.13 Å². The summed E-state index contributed by atoms with van der Waals surface area (Å²) in [5, 5.41) is 6.84. The lowest BCUT2D eigenvalue weighted by Crippen LogP contribution is -2.35. The first-order valence-electron chi connectivity index (χ1n) is 7.37. The van der Waals surface area contributed by atoms with Crippen LogP contribution < -0.4 is 10.6 Å². The number of hydrogen-bond acceptors (Lipinski definition) is 4. The first-order valence-corrected chi connectivity index (χ1v) is 8.98. The van der Waals surface area contributed by atoms with E-state index in [9.17, 15) is 4.79 Å². The Morgan fingerprint density at radius 1 is 1.52 bits per heavy atom. The number of aromatic nitrogens is 1. The highest BCUT2D eigenvalue weighted by molar-refractivity contribution is 9.10. The minimum absolute atomic E-state index is 0. The maximum Gasteiger partial charge on any atom is 0.243 e. The molecular formula is C16H19BrClN3OS. The van der Waals surface area contributed by atoms with Gasteiger partial charge in [0.25, 0.3) is 0 Å². The van der Waals surface area contributed by atoms with Crippen molar-refractivity contribution in [2.45, 2.75) is 32.2 Å². The highest BCUT2D eigenvalue weighted by Gasteiger charge is 2.23. The Balaban J connectivity index is 0.00000192. The largest absolute Gasteiger partial charge is 0.306 e. The van der Waals surface area contributed by atoms with Gasteiger partial charge in [-0.05, 0) is 44.0 Å². The van der Waals surface area contributed by atoms with E-state index in [1.165, 1.54) is 10.4 Å². The van der Waals surface area contributed by atoms with Crippen LogP contribution >= 0.6 is 39.7 Å². The van der Waals surface area contributed by atoms with Gasteiger partial charge in [-0.15, -0.1) is 23.7 Å². The van der Waals surface area contributed by atoms with Crippen LogP contribution in [0.2, 0.25) is 0 Å². The first kappa shape index (κ1) is 18.4. The molecule has 1 amide bonds. The molecule has 1 aromatic heterocycles. The van der Waals surface area contributed by atoms with Gasteiger partial charge in [0.2, 0.25) is 5.91 Å². The van der Waals surface area contributed by atoms with Crippen molar-refractivity contribution in [3.8, 4) is 0 Å². The molecular weight excluding hydrogens is 398 g/mol. The fourth-order valence-corrected chi connectivity index (χ4v) is 4.03. The molecule has 0 aliphatic carbocycles. The SMILES string of the molecule is Cc1nc(NC(=O)C2CCCN2)sc1Cc1cccc(Br)c1.Cl. The number of halogens is 2. The number of nitrogens with zero attached hydrogens (tertiary/aromatic N) is 1. The Bertz CT molecular complexity index is 686. The van der Waals surface area contributed by atoms with Crippen molar-refractivity contribution in [2.75, 3.05) is 11.9 Å². The molecule has 124 valence electrons. The van der Waals surface area contributed by atoms with Crippen molar-refractivity contribution in [3.63, 3.8) is 0 Å². The van der Waals surface area contributed by atoms with Crippen LogP contribution in [0.4, 0.5) is 5.13 Å². The van der Waals surface area contributed by atoms with Crippen LogP contribution in [0.3, 0.4) is 0 Å². The third-order valence-electron chi connectivity index (χ3n) is 3.75. The summed E-state index contributed by atoms with van der Waals surface area (Å²) in [7, 11) is 0. The van der Waals surface area contributed by atoms with Gasteiger partial charge in [-0.25, -0.2) is 4.98 Å². The molecule has 2 N–H and O–H groups in total. The number of carbonyl (C=O) groups excluding carboxylic acids is 1. The highest BCUT2D eigenvalue weighted by atomic mass is 79.9. The summed E-state index contributed by atoms with van der Waals surface area (Å²) in [6.07, 6.45) is 2.80. The number of amides is 1. The molecule has 1 atom stereocenters. The average molecular weight is 417 g/mol. The van der Waals surface area contributed by atoms with Gasteiger partial charge in [0.05, 0.1) is 11.7 Å². The Kier molecular flexibility index (Phi) is 6.59. The fraction of sp³-hybridized carbons (Fsp3) is 0.375. The van der Waals surface area contributed by atoms with Crippen LogP contribution in [0.5, 0.6) is 0 Å². The highest BCUT2D eigenvalue weighted by Crippen LogP contribution is 2.26. The zero-order chi connectivity index (χ0) is 15.5. The third-order valence-corrected chi connectivity index (χ3v) is 5.32. The number of nitrogens with one attached hydrogen (secondary N) is 2. The van der Waals surface area contributed by atoms with Crippen LogP contribution in [-0.4, -0.2) is 23.5 Å². The predicted molar refractivity (Wildman–Crippen MR) is 101 cm³/mol. The predicted octanol–water partition coefficient (Wildman–Crippen LogP) is 3.92. The van der Waals surface area contributed by atoms with Crippen molar-refractivity contribution < 1.29 is 4.79 Å². The summed E-state index contributed by atoms with van der Waals surface area (Å²) in [4.78, 5) is 17.8. The number of anilines is 1. The molecule has 1 aromatic carbocycles. The van der Waals surface area contributed by atoms with Gasteiger partial charge in [-0.3, -0.25) is 4.79 Å². The second-order valence-electron chi connectivity index (χ2n) is 5.47. The van der Waals surface area contributed by atoms with E-state index in [1.807, 2.05) is 19.1 Å². The van der Waals surface area contributed by atoms with Crippen molar-refractivity contribution in [3.05, 3.63) is 44.9 Å². The number of aryl methyl sites for hydroxylation is 1. The molecule has 7 heteroatoms. The molecule has 1 aliphatic rings. The Hall–Kier alpha value is -0.950. The summed E-state index contributed by atoms with van der Waals surface area (Å²) >= 11 is 5.05. The summed E-state index contributed by atoms with van der Waals surface area (Å²) in [5.41, 5.74) is 2.22. The van der Waals surface area contributed by atoms with Crippen LogP contribution in [0, 0.1) is 6.92 Å². The van der Waals surface area contributed by atoms with Gasteiger partial charge in [-0.2, -0.15) is 0 Å². The summed E-state index contributed by atoms with van der Waals surface area (Å²) < 4.78 is 1.08. The molecule has 1 fully saturated rings. The number of carbonyl (C=O) groups is 1. The number of benzene rings is 1. The number of rotatable bonds is 4. The normalized spacial score (nSPS) is 16.9. The van der Waals surface area contributed by atoms with Gasteiger partial charge in [-0.1, -0.05) is 28.1 Å². The zero-order valence-electron chi connectivity index (χ0n) is 12.8. The quantitative estimate of drug-likeness (QED) is 0.794. The molecule has 2 heterocycles. The molecule has 2 aromatic rings. The summed E-state index contributed by atoms with van der Waals surface area (Å²) in [6, 6.07) is 8.19. The smallest absolute Gasteiger partial charge is 0.243 e. The second-order valence-corrected chi connectivity index (χ2v) is 7.47. The van der Waals surface area contributed by atoms with E-state index >= 15 is 0 Å².